The van der Waals surface area contributed by atoms with Crippen LogP contribution in [0.2, 0.25) is 0 Å². The normalized spacial score (nSPS) is 12.0. The molecule has 1 aromatic carbocycles. The number of phenols is 1. The molecule has 0 bridgehead atoms. The molecule has 2 amide bonds. The Hall–Kier alpha value is -3.34. The Morgan fingerprint density at radius 1 is 0.765 bits per heavy atom. The lowest BCUT2D eigenvalue weighted by Crippen LogP contribution is -2.34. The van der Waals surface area contributed by atoms with Gasteiger partial charge in [-0.3, -0.25) is 9.59 Å². The molecule has 0 saturated heterocycles. The fraction of sp³-hybridized carbons (Fsp3) is 0.379. The Labute approximate surface area is 205 Å². The molecule has 0 atom stereocenters. The highest BCUT2D eigenvalue weighted by molar-refractivity contribution is 5.96. The van der Waals surface area contributed by atoms with Crippen LogP contribution in [0.4, 0.5) is 0 Å². The number of carbonyl (C=O) groups is 2. The van der Waals surface area contributed by atoms with Gasteiger partial charge >= 0.3 is 0 Å². The molecule has 0 aliphatic heterocycles. The second-order valence-corrected chi connectivity index (χ2v) is 7.72. The van der Waals surface area contributed by atoms with Crippen molar-refractivity contribution in [1.29, 1.82) is 0 Å². The van der Waals surface area contributed by atoms with Crippen LogP contribution in [0.15, 0.2) is 85.0 Å². The first-order chi connectivity index (χ1) is 16.6. The minimum absolute atomic E-state index is 0.0239. The van der Waals surface area contributed by atoms with Crippen molar-refractivity contribution in [3.05, 3.63) is 90.6 Å². The standard InChI is InChI=1S/C29H40N2O3/c1-2-3-4-5-6-7-8-9-10-11-12-13-14-15-16-17-18-23-28(33)30-24-25-31-29(34)26-21-19-20-22-27(26)32/h3-4,6-7,9-10,12-13,15-16,19-22,32H,2,5,8,11,14,17-18,23-25H2,1H3,(H,30,33)(H,31,34)/b4-3-,7-6-,10-9-,13-12-,16-15-. The third-order valence-electron chi connectivity index (χ3n) is 4.81. The van der Waals surface area contributed by atoms with Crippen LogP contribution in [0.1, 0.15) is 68.6 Å². The van der Waals surface area contributed by atoms with E-state index in [4.69, 9.17) is 0 Å². The summed E-state index contributed by atoms with van der Waals surface area (Å²) < 4.78 is 0. The SMILES string of the molecule is CC/C=C\C/C=C\C/C=C\C/C=C\C/C=C\CCCC(=O)NCCNC(=O)c1ccccc1O. The number of amides is 2. The molecule has 184 valence electrons. The van der Waals surface area contributed by atoms with E-state index in [1.165, 1.54) is 6.07 Å². The highest BCUT2D eigenvalue weighted by Crippen LogP contribution is 2.14. The molecule has 1 aromatic rings. The molecule has 5 heteroatoms. The molecule has 0 heterocycles. The second-order valence-electron chi connectivity index (χ2n) is 7.72. The smallest absolute Gasteiger partial charge is 0.255 e. The monoisotopic (exact) mass is 464 g/mol. The molecule has 0 aliphatic carbocycles. The summed E-state index contributed by atoms with van der Waals surface area (Å²) in [6.07, 6.45) is 28.8. The van der Waals surface area contributed by atoms with E-state index >= 15 is 0 Å². The van der Waals surface area contributed by atoms with Gasteiger partial charge in [0.25, 0.3) is 5.91 Å². The van der Waals surface area contributed by atoms with Gasteiger partial charge in [0, 0.05) is 19.5 Å². The van der Waals surface area contributed by atoms with Crippen LogP contribution in [0.5, 0.6) is 5.75 Å². The molecule has 1 rings (SSSR count). The maximum Gasteiger partial charge on any atom is 0.255 e. The second kappa shape index (κ2) is 20.3. The Morgan fingerprint density at radius 2 is 1.29 bits per heavy atom. The van der Waals surface area contributed by atoms with Crippen molar-refractivity contribution in [2.75, 3.05) is 13.1 Å². The van der Waals surface area contributed by atoms with E-state index in [2.05, 4.69) is 78.3 Å². The number of benzene rings is 1. The third kappa shape index (κ3) is 15.5. The van der Waals surface area contributed by atoms with Gasteiger partial charge in [0.05, 0.1) is 5.56 Å². The highest BCUT2D eigenvalue weighted by atomic mass is 16.3. The number of carbonyl (C=O) groups excluding carboxylic acids is 2. The highest BCUT2D eigenvalue weighted by Gasteiger charge is 2.09. The van der Waals surface area contributed by atoms with Crippen LogP contribution in [0, 0.1) is 0 Å². The number of hydrogen-bond acceptors (Lipinski definition) is 3. The summed E-state index contributed by atoms with van der Waals surface area (Å²) in [6.45, 7) is 2.82. The summed E-state index contributed by atoms with van der Waals surface area (Å²) in [4.78, 5) is 23.8. The van der Waals surface area contributed by atoms with Crippen LogP contribution >= 0.6 is 0 Å². The van der Waals surface area contributed by atoms with Crippen LogP contribution in [0.25, 0.3) is 0 Å². The van der Waals surface area contributed by atoms with E-state index in [0.29, 0.717) is 19.5 Å². The molecular formula is C29H40N2O3. The summed E-state index contributed by atoms with van der Waals surface area (Å²) in [5.74, 6) is -0.436. The topological polar surface area (TPSA) is 78.4 Å². The van der Waals surface area contributed by atoms with E-state index in [-0.39, 0.29) is 23.1 Å². The summed E-state index contributed by atoms with van der Waals surface area (Å²) >= 11 is 0. The van der Waals surface area contributed by atoms with E-state index in [1.807, 2.05) is 0 Å². The zero-order valence-electron chi connectivity index (χ0n) is 20.4. The van der Waals surface area contributed by atoms with Crippen molar-refractivity contribution in [2.24, 2.45) is 0 Å². The average Bonchev–Trinajstić information content (AvgIpc) is 2.84. The molecule has 0 radical (unpaired) electrons. The van der Waals surface area contributed by atoms with Gasteiger partial charge in [0.15, 0.2) is 0 Å². The Balaban J connectivity index is 1.98. The van der Waals surface area contributed by atoms with Gasteiger partial charge in [-0.2, -0.15) is 0 Å². The van der Waals surface area contributed by atoms with Crippen LogP contribution in [-0.4, -0.2) is 30.0 Å². The van der Waals surface area contributed by atoms with Gasteiger partial charge in [-0.1, -0.05) is 79.8 Å². The molecule has 0 unspecified atom stereocenters. The number of unbranched alkanes of at least 4 members (excludes halogenated alkanes) is 1. The molecule has 3 N–H and O–H groups in total. The summed E-state index contributed by atoms with van der Waals surface area (Å²) in [7, 11) is 0. The van der Waals surface area contributed by atoms with Gasteiger partial charge in [0.1, 0.15) is 5.75 Å². The molecule has 0 fully saturated rings. The lowest BCUT2D eigenvalue weighted by molar-refractivity contribution is -0.121. The third-order valence-corrected chi connectivity index (χ3v) is 4.81. The molecular weight excluding hydrogens is 424 g/mol. The van der Waals surface area contributed by atoms with Crippen molar-refractivity contribution in [3.63, 3.8) is 0 Å². The predicted molar refractivity (Wildman–Crippen MR) is 142 cm³/mol. The van der Waals surface area contributed by atoms with Gasteiger partial charge in [0.2, 0.25) is 5.91 Å². The van der Waals surface area contributed by atoms with Crippen molar-refractivity contribution in [1.82, 2.24) is 10.6 Å². The first-order valence-corrected chi connectivity index (χ1v) is 12.2. The Morgan fingerprint density at radius 3 is 1.88 bits per heavy atom. The largest absolute Gasteiger partial charge is 0.507 e. The van der Waals surface area contributed by atoms with Crippen molar-refractivity contribution in [2.45, 2.75) is 58.3 Å². The van der Waals surface area contributed by atoms with Crippen LogP contribution < -0.4 is 10.6 Å². The Kier molecular flexibility index (Phi) is 17.1. The number of allylic oxidation sites excluding steroid dienone is 10. The zero-order valence-corrected chi connectivity index (χ0v) is 20.4. The lowest BCUT2D eigenvalue weighted by atomic mass is 10.2. The maximum absolute atomic E-state index is 12.0. The summed E-state index contributed by atoms with van der Waals surface area (Å²) in [6, 6.07) is 6.37. The van der Waals surface area contributed by atoms with Crippen LogP contribution in [-0.2, 0) is 4.79 Å². The predicted octanol–water partition coefficient (Wildman–Crippen LogP) is 6.16. The van der Waals surface area contributed by atoms with Crippen molar-refractivity contribution in [3.8, 4) is 5.75 Å². The van der Waals surface area contributed by atoms with E-state index in [1.54, 1.807) is 18.2 Å². The molecule has 0 aromatic heterocycles. The number of nitrogens with one attached hydrogen (secondary N) is 2. The molecule has 0 spiro atoms. The average molecular weight is 465 g/mol. The first-order valence-electron chi connectivity index (χ1n) is 12.2. The molecule has 34 heavy (non-hydrogen) atoms. The summed E-state index contributed by atoms with van der Waals surface area (Å²) in [5.41, 5.74) is 0.228. The Bertz CT molecular complexity index is 851. The number of aromatic hydroxyl groups is 1. The summed E-state index contributed by atoms with van der Waals surface area (Å²) in [5, 5.41) is 15.1. The van der Waals surface area contributed by atoms with Gasteiger partial charge < -0.3 is 15.7 Å². The fourth-order valence-electron chi connectivity index (χ4n) is 2.98. The molecule has 0 aliphatic rings. The first kappa shape index (κ1) is 28.7. The minimum atomic E-state index is -0.356. The van der Waals surface area contributed by atoms with Crippen molar-refractivity contribution >= 4 is 11.8 Å². The van der Waals surface area contributed by atoms with Crippen molar-refractivity contribution < 1.29 is 14.7 Å². The number of phenolic OH excluding ortho intramolecular Hbond substituents is 1. The quantitative estimate of drug-likeness (QED) is 0.191. The number of hydrogen-bond donors (Lipinski definition) is 3. The minimum Gasteiger partial charge on any atom is -0.507 e. The van der Waals surface area contributed by atoms with Crippen LogP contribution in [0.3, 0.4) is 0 Å². The lowest BCUT2D eigenvalue weighted by Gasteiger charge is -2.08. The molecule has 5 nitrogen and oxygen atoms in total. The van der Waals surface area contributed by atoms with E-state index in [0.717, 1.165) is 44.9 Å². The number of rotatable bonds is 17. The maximum atomic E-state index is 12.0. The fourth-order valence-corrected chi connectivity index (χ4v) is 2.98. The van der Waals surface area contributed by atoms with Gasteiger partial charge in [-0.15, -0.1) is 0 Å². The van der Waals surface area contributed by atoms with Gasteiger partial charge in [-0.25, -0.2) is 0 Å². The number of para-hydroxylation sites is 1. The zero-order chi connectivity index (χ0) is 24.7. The van der Waals surface area contributed by atoms with Gasteiger partial charge in [-0.05, 0) is 57.1 Å². The molecule has 0 saturated carbocycles. The van der Waals surface area contributed by atoms with E-state index < -0.39 is 0 Å². The van der Waals surface area contributed by atoms with E-state index in [9.17, 15) is 14.7 Å².